The third-order valence-electron chi connectivity index (χ3n) is 3.84. The molecule has 0 aliphatic heterocycles. The maximum absolute atomic E-state index is 4.50. The van der Waals surface area contributed by atoms with Gasteiger partial charge in [-0.2, -0.15) is 0 Å². The van der Waals surface area contributed by atoms with E-state index in [2.05, 4.69) is 46.7 Å². The Labute approximate surface area is 155 Å². The van der Waals surface area contributed by atoms with E-state index in [-0.39, 0.29) is 0 Å². The molecule has 1 N–H and O–H groups in total. The second-order valence-corrected chi connectivity index (χ2v) is 5.86. The fourth-order valence-electron chi connectivity index (χ4n) is 2.52. The number of hydrogen-bond donors (Lipinski definition) is 1. The molecular weight excluding hydrogens is 316 g/mol. The van der Waals surface area contributed by atoms with Crippen LogP contribution >= 0.6 is 0 Å². The number of benzene rings is 3. The topological polar surface area (TPSA) is 24.4 Å². The normalized spacial score (nSPS) is 11.9. The molecule has 0 saturated heterocycles. The molecule has 0 bridgehead atoms. The first-order chi connectivity index (χ1) is 12.9. The van der Waals surface area contributed by atoms with E-state index >= 15 is 0 Å². The van der Waals surface area contributed by atoms with Crippen molar-refractivity contribution in [2.75, 3.05) is 5.32 Å². The number of nitrogens with one attached hydrogen (secondary N) is 1. The van der Waals surface area contributed by atoms with E-state index in [0.29, 0.717) is 0 Å². The molecule has 0 saturated carbocycles. The maximum atomic E-state index is 4.50. The van der Waals surface area contributed by atoms with Gasteiger partial charge in [-0.05, 0) is 54.0 Å². The van der Waals surface area contributed by atoms with Gasteiger partial charge in [-0.3, -0.25) is 4.99 Å². The molecule has 0 amide bonds. The summed E-state index contributed by atoms with van der Waals surface area (Å²) in [7, 11) is 0. The minimum absolute atomic E-state index is 0.856. The lowest BCUT2D eigenvalue weighted by Gasteiger charge is -2.03. The van der Waals surface area contributed by atoms with Gasteiger partial charge in [0, 0.05) is 18.1 Å². The molecule has 2 heteroatoms. The van der Waals surface area contributed by atoms with E-state index in [9.17, 15) is 0 Å². The molecule has 0 aliphatic rings. The van der Waals surface area contributed by atoms with Crippen LogP contribution in [0.1, 0.15) is 5.56 Å². The number of anilines is 1. The molecule has 3 aromatic carbocycles. The molecule has 3 aromatic rings. The van der Waals surface area contributed by atoms with Gasteiger partial charge in [-0.1, -0.05) is 66.7 Å². The molecule has 0 aliphatic carbocycles. The highest BCUT2D eigenvalue weighted by atomic mass is 14.8. The summed E-state index contributed by atoms with van der Waals surface area (Å²) >= 11 is 0. The molecule has 0 atom stereocenters. The summed E-state index contributed by atoms with van der Waals surface area (Å²) in [5, 5.41) is 3.30. The standard InChI is InChI=1S/C24H22N2/c1-4-10-21(11-5-1)20-22(16-18-25-23-12-6-2-7-13-23)17-19-26-24-14-8-3-9-15-24/h1-19,25H,20H2/b18-16+,22-17-,26-19+. The van der Waals surface area contributed by atoms with Crippen molar-refractivity contribution in [1.82, 2.24) is 0 Å². The number of hydrogen-bond acceptors (Lipinski definition) is 2. The minimum Gasteiger partial charge on any atom is -0.362 e. The van der Waals surface area contributed by atoms with Gasteiger partial charge >= 0.3 is 0 Å². The van der Waals surface area contributed by atoms with E-state index in [0.717, 1.165) is 17.8 Å². The van der Waals surface area contributed by atoms with Gasteiger partial charge < -0.3 is 5.32 Å². The first-order valence-corrected chi connectivity index (χ1v) is 8.70. The van der Waals surface area contributed by atoms with E-state index in [1.54, 1.807) is 0 Å². The lowest BCUT2D eigenvalue weighted by Crippen LogP contribution is -1.91. The summed E-state index contributed by atoms with van der Waals surface area (Å²) in [5.41, 5.74) is 4.48. The van der Waals surface area contributed by atoms with Gasteiger partial charge in [0.05, 0.1) is 5.69 Å². The molecule has 0 fully saturated rings. The predicted molar refractivity (Wildman–Crippen MR) is 112 cm³/mol. The van der Waals surface area contributed by atoms with Crippen LogP contribution in [0.25, 0.3) is 0 Å². The number of nitrogens with zero attached hydrogens (tertiary/aromatic N) is 1. The zero-order chi connectivity index (χ0) is 17.9. The Balaban J connectivity index is 1.72. The van der Waals surface area contributed by atoms with Crippen LogP contribution in [-0.2, 0) is 6.42 Å². The largest absolute Gasteiger partial charge is 0.362 e. The third-order valence-corrected chi connectivity index (χ3v) is 3.84. The molecule has 3 rings (SSSR count). The van der Waals surface area contributed by atoms with Gasteiger partial charge in [0.15, 0.2) is 0 Å². The molecule has 0 radical (unpaired) electrons. The zero-order valence-electron chi connectivity index (χ0n) is 14.6. The number of para-hydroxylation sites is 2. The fourth-order valence-corrected chi connectivity index (χ4v) is 2.52. The molecule has 0 spiro atoms. The van der Waals surface area contributed by atoms with Gasteiger partial charge in [-0.25, -0.2) is 0 Å². The van der Waals surface area contributed by atoms with Crippen LogP contribution in [0.3, 0.4) is 0 Å². The summed E-state index contributed by atoms with van der Waals surface area (Å²) in [4.78, 5) is 4.50. The number of rotatable bonds is 7. The van der Waals surface area contributed by atoms with Crippen LogP contribution < -0.4 is 5.32 Å². The average Bonchev–Trinajstić information content (AvgIpc) is 2.70. The summed E-state index contributed by atoms with van der Waals surface area (Å²) in [6.07, 6.45) is 8.84. The Morgan fingerprint density at radius 1 is 0.769 bits per heavy atom. The Bertz CT molecular complexity index is 864. The second kappa shape index (κ2) is 9.80. The first-order valence-electron chi connectivity index (χ1n) is 8.70. The lowest BCUT2D eigenvalue weighted by molar-refractivity contribution is 1.20. The second-order valence-electron chi connectivity index (χ2n) is 5.86. The Morgan fingerprint density at radius 2 is 1.38 bits per heavy atom. The first kappa shape index (κ1) is 17.4. The Kier molecular flexibility index (Phi) is 6.57. The van der Waals surface area contributed by atoms with Crippen LogP contribution in [0, 0.1) is 0 Å². The van der Waals surface area contributed by atoms with Crippen LogP contribution in [0.2, 0.25) is 0 Å². The molecular formula is C24H22N2. The Hall–Kier alpha value is -3.39. The predicted octanol–water partition coefficient (Wildman–Crippen LogP) is 6.18. The molecule has 26 heavy (non-hydrogen) atoms. The summed E-state index contributed by atoms with van der Waals surface area (Å²) in [6.45, 7) is 0. The van der Waals surface area contributed by atoms with Gasteiger partial charge in [0.2, 0.25) is 0 Å². The van der Waals surface area contributed by atoms with Crippen molar-refractivity contribution in [3.8, 4) is 0 Å². The third kappa shape index (κ3) is 5.91. The maximum Gasteiger partial charge on any atom is 0.0629 e. The van der Waals surface area contributed by atoms with Crippen LogP contribution in [0.5, 0.6) is 0 Å². The van der Waals surface area contributed by atoms with Crippen LogP contribution in [0.15, 0.2) is 120 Å². The van der Waals surface area contributed by atoms with Crippen molar-refractivity contribution in [3.63, 3.8) is 0 Å². The zero-order valence-corrected chi connectivity index (χ0v) is 14.6. The minimum atomic E-state index is 0.856. The average molecular weight is 338 g/mol. The van der Waals surface area contributed by atoms with E-state index in [1.807, 2.05) is 79.1 Å². The Morgan fingerprint density at radius 3 is 2.08 bits per heavy atom. The van der Waals surface area contributed by atoms with E-state index < -0.39 is 0 Å². The number of allylic oxidation sites excluding steroid dienone is 3. The van der Waals surface area contributed by atoms with Crippen LogP contribution in [0.4, 0.5) is 11.4 Å². The monoisotopic (exact) mass is 338 g/mol. The van der Waals surface area contributed by atoms with Crippen molar-refractivity contribution < 1.29 is 0 Å². The van der Waals surface area contributed by atoms with Crippen molar-refractivity contribution in [1.29, 1.82) is 0 Å². The number of aliphatic imine (C=N–C) groups is 1. The highest BCUT2D eigenvalue weighted by Gasteiger charge is 1.96. The van der Waals surface area contributed by atoms with Crippen molar-refractivity contribution in [2.45, 2.75) is 6.42 Å². The quantitative estimate of drug-likeness (QED) is 0.403. The van der Waals surface area contributed by atoms with Crippen molar-refractivity contribution in [2.24, 2.45) is 4.99 Å². The fraction of sp³-hybridized carbons (Fsp3) is 0.0417. The van der Waals surface area contributed by atoms with E-state index in [4.69, 9.17) is 0 Å². The summed E-state index contributed by atoms with van der Waals surface area (Å²) < 4.78 is 0. The summed E-state index contributed by atoms with van der Waals surface area (Å²) in [6, 6.07) is 30.5. The molecule has 2 nitrogen and oxygen atoms in total. The molecule has 0 heterocycles. The molecule has 0 aromatic heterocycles. The van der Waals surface area contributed by atoms with Crippen LogP contribution in [-0.4, -0.2) is 6.21 Å². The van der Waals surface area contributed by atoms with Crippen molar-refractivity contribution >= 4 is 17.6 Å². The van der Waals surface area contributed by atoms with E-state index in [1.165, 1.54) is 11.1 Å². The highest BCUT2D eigenvalue weighted by Crippen LogP contribution is 2.12. The van der Waals surface area contributed by atoms with Gasteiger partial charge in [0.25, 0.3) is 0 Å². The molecule has 128 valence electrons. The summed E-state index contributed by atoms with van der Waals surface area (Å²) in [5.74, 6) is 0. The SMILES string of the molecule is C(=C/C(=C/C=N/c1ccccc1)Cc1ccccc1)\Nc1ccccc1. The smallest absolute Gasteiger partial charge is 0.0629 e. The van der Waals surface area contributed by atoms with Gasteiger partial charge in [-0.15, -0.1) is 0 Å². The van der Waals surface area contributed by atoms with Crippen molar-refractivity contribution in [3.05, 3.63) is 120 Å². The lowest BCUT2D eigenvalue weighted by atomic mass is 10.1. The molecule has 0 unspecified atom stereocenters. The van der Waals surface area contributed by atoms with Gasteiger partial charge in [0.1, 0.15) is 0 Å². The highest BCUT2D eigenvalue weighted by molar-refractivity contribution is 5.76.